The zero-order valence-electron chi connectivity index (χ0n) is 12.0. The molecule has 0 saturated heterocycles. The first-order chi connectivity index (χ1) is 8.16. The van der Waals surface area contributed by atoms with Gasteiger partial charge in [-0.1, -0.05) is 59.3 Å². The molecule has 1 radical (unpaired) electrons. The van der Waals surface area contributed by atoms with E-state index in [-0.39, 0.29) is 0 Å². The van der Waals surface area contributed by atoms with Gasteiger partial charge in [0.05, 0.1) is 0 Å². The van der Waals surface area contributed by atoms with Gasteiger partial charge in [-0.3, -0.25) is 0 Å². The molecule has 0 aliphatic heterocycles. The van der Waals surface area contributed by atoms with Crippen LogP contribution in [0.3, 0.4) is 0 Å². The van der Waals surface area contributed by atoms with Crippen LogP contribution < -0.4 is 0 Å². The Bertz CT molecular complexity index is 146. The first kappa shape index (κ1) is 16.9. The van der Waals surface area contributed by atoms with E-state index in [1.807, 2.05) is 0 Å². The van der Waals surface area contributed by atoms with Crippen LogP contribution in [0.5, 0.6) is 0 Å². The van der Waals surface area contributed by atoms with Crippen LogP contribution in [0.2, 0.25) is 0 Å². The maximum atomic E-state index is 11.4. The lowest BCUT2D eigenvalue weighted by molar-refractivity contribution is -0.144. The summed E-state index contributed by atoms with van der Waals surface area (Å²) >= 11 is 0. The van der Waals surface area contributed by atoms with Crippen molar-refractivity contribution in [1.29, 1.82) is 0 Å². The van der Waals surface area contributed by atoms with Gasteiger partial charge in [0, 0.05) is 13.0 Å². The molecule has 1 unspecified atom stereocenters. The maximum absolute atomic E-state index is 11.4. The minimum atomic E-state index is -0.788. The predicted molar refractivity (Wildman–Crippen MR) is 72.5 cm³/mol. The molecule has 2 nitrogen and oxygen atoms in total. The molecule has 0 amide bonds. The topological polar surface area (TPSA) is 29.1 Å². The van der Waals surface area contributed by atoms with Gasteiger partial charge in [0.25, 0.3) is 0 Å². The van der Waals surface area contributed by atoms with E-state index in [1.54, 1.807) is 0 Å². The Labute approximate surface area is 108 Å². The summed E-state index contributed by atoms with van der Waals surface area (Å²) in [6.45, 7) is 7.26. The van der Waals surface area contributed by atoms with Crippen LogP contribution in [0.4, 0.5) is 0 Å². The average molecular weight is 243 g/mol. The second-order valence-corrected chi connectivity index (χ2v) is 5.39. The molecule has 1 atom stereocenters. The molecule has 2 heteroatoms. The zero-order chi connectivity index (χ0) is 12.9. The van der Waals surface area contributed by atoms with E-state index in [9.17, 15) is 5.11 Å². The van der Waals surface area contributed by atoms with E-state index in [4.69, 9.17) is 4.74 Å². The van der Waals surface area contributed by atoms with Crippen molar-refractivity contribution in [1.82, 2.24) is 0 Å². The number of rotatable bonds is 12. The van der Waals surface area contributed by atoms with Crippen LogP contribution in [-0.2, 0) is 9.84 Å². The Morgan fingerprint density at radius 2 is 1.53 bits per heavy atom. The summed E-state index contributed by atoms with van der Waals surface area (Å²) in [5, 5.41) is 11.4. The Morgan fingerprint density at radius 1 is 0.882 bits per heavy atom. The molecule has 0 aromatic carbocycles. The highest BCUT2D eigenvalue weighted by Crippen LogP contribution is 2.10. The number of hydrogen-bond donors (Lipinski definition) is 0. The summed E-state index contributed by atoms with van der Waals surface area (Å²) < 4.78 is 5.27. The molecule has 17 heavy (non-hydrogen) atoms. The van der Waals surface area contributed by atoms with Crippen molar-refractivity contribution < 1.29 is 9.84 Å². The SMILES string of the molecule is CCCCCCCCOC([O])CCCC(C)C. The molecular weight excluding hydrogens is 212 g/mol. The van der Waals surface area contributed by atoms with Gasteiger partial charge in [0.15, 0.2) is 6.29 Å². The molecule has 0 bridgehead atoms. The highest BCUT2D eigenvalue weighted by Gasteiger charge is 2.06. The van der Waals surface area contributed by atoms with Gasteiger partial charge in [-0.25, -0.2) is 5.11 Å². The van der Waals surface area contributed by atoms with E-state index in [0.29, 0.717) is 18.9 Å². The number of ether oxygens (including phenoxy) is 1. The lowest BCUT2D eigenvalue weighted by Gasteiger charge is -2.10. The highest BCUT2D eigenvalue weighted by atomic mass is 16.6. The van der Waals surface area contributed by atoms with Crippen LogP contribution in [0.25, 0.3) is 0 Å². The van der Waals surface area contributed by atoms with Crippen LogP contribution in [0.15, 0.2) is 0 Å². The van der Waals surface area contributed by atoms with Gasteiger partial charge in [0.2, 0.25) is 0 Å². The van der Waals surface area contributed by atoms with Crippen molar-refractivity contribution in [3.63, 3.8) is 0 Å². The van der Waals surface area contributed by atoms with E-state index >= 15 is 0 Å². The fourth-order valence-electron chi connectivity index (χ4n) is 1.87. The van der Waals surface area contributed by atoms with E-state index in [0.717, 1.165) is 19.3 Å². The molecule has 103 valence electrons. The van der Waals surface area contributed by atoms with Crippen molar-refractivity contribution in [2.24, 2.45) is 5.92 Å². The lowest BCUT2D eigenvalue weighted by Crippen LogP contribution is -2.11. The first-order valence-electron chi connectivity index (χ1n) is 7.44. The van der Waals surface area contributed by atoms with Crippen LogP contribution in [-0.4, -0.2) is 12.9 Å². The molecule has 0 aromatic heterocycles. The Balaban J connectivity index is 3.13. The first-order valence-corrected chi connectivity index (χ1v) is 7.44. The van der Waals surface area contributed by atoms with Crippen molar-refractivity contribution in [2.75, 3.05) is 6.61 Å². The third-order valence-corrected chi connectivity index (χ3v) is 3.02. The lowest BCUT2D eigenvalue weighted by atomic mass is 10.1. The van der Waals surface area contributed by atoms with Gasteiger partial charge in [-0.05, 0) is 18.8 Å². The molecule has 0 rings (SSSR count). The van der Waals surface area contributed by atoms with Gasteiger partial charge in [-0.2, -0.15) is 0 Å². The second-order valence-electron chi connectivity index (χ2n) is 5.39. The summed E-state index contributed by atoms with van der Waals surface area (Å²) in [7, 11) is 0. The minimum absolute atomic E-state index is 0.655. The normalized spacial score (nSPS) is 13.2. The summed E-state index contributed by atoms with van der Waals surface area (Å²) in [5.41, 5.74) is 0. The van der Waals surface area contributed by atoms with Gasteiger partial charge in [-0.15, -0.1) is 0 Å². The van der Waals surface area contributed by atoms with Crippen molar-refractivity contribution in [3.8, 4) is 0 Å². The molecule has 0 aliphatic carbocycles. The molecule has 0 saturated carbocycles. The summed E-state index contributed by atoms with van der Waals surface area (Å²) in [4.78, 5) is 0. The predicted octanol–water partition coefficient (Wildman–Crippen LogP) is 4.95. The Hall–Kier alpha value is -0.0800. The minimum Gasteiger partial charge on any atom is -0.350 e. The molecule has 0 spiro atoms. The van der Waals surface area contributed by atoms with E-state index in [1.165, 1.54) is 32.1 Å². The summed E-state index contributed by atoms with van der Waals surface area (Å²) in [6.07, 6.45) is 9.51. The monoisotopic (exact) mass is 243 g/mol. The van der Waals surface area contributed by atoms with E-state index in [2.05, 4.69) is 20.8 Å². The van der Waals surface area contributed by atoms with Crippen LogP contribution >= 0.6 is 0 Å². The molecule has 0 aromatic rings. The van der Waals surface area contributed by atoms with Crippen molar-refractivity contribution in [2.45, 2.75) is 84.8 Å². The van der Waals surface area contributed by atoms with Crippen molar-refractivity contribution in [3.05, 3.63) is 0 Å². The molecule has 0 fully saturated rings. The Kier molecular flexibility index (Phi) is 12.3. The maximum Gasteiger partial charge on any atom is 0.191 e. The summed E-state index contributed by atoms with van der Waals surface area (Å²) in [6, 6.07) is 0. The third-order valence-electron chi connectivity index (χ3n) is 3.02. The van der Waals surface area contributed by atoms with Crippen molar-refractivity contribution >= 4 is 0 Å². The number of hydrogen-bond acceptors (Lipinski definition) is 1. The van der Waals surface area contributed by atoms with Gasteiger partial charge >= 0.3 is 0 Å². The molecule has 0 aliphatic rings. The van der Waals surface area contributed by atoms with Gasteiger partial charge < -0.3 is 4.74 Å². The fraction of sp³-hybridized carbons (Fsp3) is 1.00. The molecule has 0 N–H and O–H groups in total. The average Bonchev–Trinajstić information content (AvgIpc) is 2.27. The zero-order valence-corrected chi connectivity index (χ0v) is 12.0. The van der Waals surface area contributed by atoms with Crippen LogP contribution in [0.1, 0.15) is 78.6 Å². The quantitative estimate of drug-likeness (QED) is 0.352. The Morgan fingerprint density at radius 3 is 2.18 bits per heavy atom. The fourth-order valence-corrected chi connectivity index (χ4v) is 1.87. The van der Waals surface area contributed by atoms with Crippen LogP contribution in [0, 0.1) is 5.92 Å². The third kappa shape index (κ3) is 13.9. The number of unbranched alkanes of at least 4 members (excludes halogenated alkanes) is 5. The largest absolute Gasteiger partial charge is 0.350 e. The molecule has 0 heterocycles. The molecular formula is C15H31O2. The standard InChI is InChI=1S/C15H31O2/c1-4-5-6-7-8-9-13-17-15(16)12-10-11-14(2)3/h14-15H,4-13H2,1-3H3. The second kappa shape index (κ2) is 12.4. The highest BCUT2D eigenvalue weighted by molar-refractivity contribution is 4.49. The van der Waals surface area contributed by atoms with E-state index < -0.39 is 6.29 Å². The van der Waals surface area contributed by atoms with Gasteiger partial charge in [0.1, 0.15) is 0 Å². The summed E-state index contributed by atoms with van der Waals surface area (Å²) in [5.74, 6) is 0.695. The smallest absolute Gasteiger partial charge is 0.191 e.